The zero-order chi connectivity index (χ0) is 17.4. The third-order valence-electron chi connectivity index (χ3n) is 4.79. The number of thioether (sulfide) groups is 1. The molecule has 1 aromatic heterocycles. The third-order valence-corrected chi connectivity index (χ3v) is 5.96. The zero-order valence-corrected chi connectivity index (χ0v) is 18.0. The van der Waals surface area contributed by atoms with Crippen LogP contribution in [-0.2, 0) is 12.0 Å². The second-order valence-corrected chi connectivity index (χ2v) is 8.75. The van der Waals surface area contributed by atoms with Gasteiger partial charge in [0.25, 0.3) is 0 Å². The van der Waals surface area contributed by atoms with Crippen molar-refractivity contribution in [3.05, 3.63) is 66.4 Å². The lowest BCUT2D eigenvalue weighted by Gasteiger charge is -2.18. The maximum absolute atomic E-state index is 2.41. The molecule has 2 aromatic carbocycles. The molecule has 3 aromatic rings. The van der Waals surface area contributed by atoms with Crippen molar-refractivity contribution in [3.63, 3.8) is 0 Å². The Bertz CT molecular complexity index is 877. The molecule has 0 atom stereocenters. The molecule has 0 saturated carbocycles. The van der Waals surface area contributed by atoms with Crippen LogP contribution in [0.2, 0.25) is 0 Å². The van der Waals surface area contributed by atoms with Gasteiger partial charge in [-0.25, -0.2) is 4.57 Å². The van der Waals surface area contributed by atoms with Gasteiger partial charge in [-0.1, -0.05) is 63.2 Å². The lowest BCUT2D eigenvalue weighted by molar-refractivity contribution is -0.734. The molecule has 0 fully saturated rings. The van der Waals surface area contributed by atoms with E-state index < -0.39 is 0 Å². The fraction of sp³-hybridized carbons (Fsp3) is 0.318. The highest BCUT2D eigenvalue weighted by Gasteiger charge is 2.28. The van der Waals surface area contributed by atoms with E-state index >= 15 is 0 Å². The van der Waals surface area contributed by atoms with Crippen molar-refractivity contribution in [2.24, 2.45) is 0 Å². The minimum atomic E-state index is 0. The summed E-state index contributed by atoms with van der Waals surface area (Å²) >= 11 is 1.96. The zero-order valence-electron chi connectivity index (χ0n) is 15.6. The Labute approximate surface area is 171 Å². The highest BCUT2D eigenvalue weighted by molar-refractivity contribution is 7.99. The summed E-state index contributed by atoms with van der Waals surface area (Å²) in [6.45, 7) is 7.90. The van der Waals surface area contributed by atoms with Crippen LogP contribution in [0.1, 0.15) is 32.8 Å². The molecule has 0 aliphatic carbocycles. The van der Waals surface area contributed by atoms with E-state index in [0.29, 0.717) is 0 Å². The number of halogens is 1. The normalized spacial score (nSPS) is 13.8. The number of hydrogen-bond acceptors (Lipinski definition) is 1. The number of hydrogen-bond donors (Lipinski definition) is 0. The molecule has 1 aliphatic rings. The Hall–Kier alpha value is -1.52. The molecule has 0 spiro atoms. The van der Waals surface area contributed by atoms with Crippen molar-refractivity contribution in [1.82, 2.24) is 4.57 Å². The lowest BCUT2D eigenvalue weighted by atomic mass is 9.86. The van der Waals surface area contributed by atoms with Crippen LogP contribution in [0.5, 0.6) is 0 Å². The number of rotatable bonds is 2. The Kier molecular flexibility index (Phi) is 5.64. The van der Waals surface area contributed by atoms with Gasteiger partial charge in [0.1, 0.15) is 11.9 Å². The third kappa shape index (κ3) is 3.63. The molecule has 0 bridgehead atoms. The lowest BCUT2D eigenvalue weighted by Crippen LogP contribution is -3.00. The van der Waals surface area contributed by atoms with Crippen molar-refractivity contribution in [2.75, 3.05) is 5.75 Å². The van der Waals surface area contributed by atoms with Crippen molar-refractivity contribution < 1.29 is 21.5 Å². The monoisotopic (exact) mass is 428 g/mol. The van der Waals surface area contributed by atoms with Gasteiger partial charge in [0.15, 0.2) is 5.69 Å². The molecule has 1 aliphatic heterocycles. The average Bonchev–Trinajstić information content (AvgIpc) is 3.01. The maximum atomic E-state index is 2.41. The van der Waals surface area contributed by atoms with Gasteiger partial charge in [-0.05, 0) is 41.3 Å². The fourth-order valence-corrected chi connectivity index (χ4v) is 4.47. The summed E-state index contributed by atoms with van der Waals surface area (Å²) in [5.74, 6) is 1.19. The molecule has 26 heavy (non-hydrogen) atoms. The Balaban J connectivity index is 0.00000196. The van der Waals surface area contributed by atoms with Crippen LogP contribution >= 0.6 is 11.8 Å². The van der Waals surface area contributed by atoms with Crippen LogP contribution in [0.3, 0.4) is 0 Å². The molecule has 4 heteroatoms. The van der Waals surface area contributed by atoms with Crippen molar-refractivity contribution >= 4 is 11.8 Å². The van der Waals surface area contributed by atoms with E-state index in [0.717, 1.165) is 6.54 Å². The van der Waals surface area contributed by atoms with Gasteiger partial charge < -0.3 is 17.0 Å². The van der Waals surface area contributed by atoms with Crippen LogP contribution in [0, 0.1) is 0 Å². The average molecular weight is 429 g/mol. The molecule has 2 nitrogen and oxygen atoms in total. The van der Waals surface area contributed by atoms with Gasteiger partial charge in [-0.3, -0.25) is 0 Å². The molecule has 0 amide bonds. The molecule has 2 heterocycles. The van der Waals surface area contributed by atoms with E-state index in [1.807, 2.05) is 11.8 Å². The molecular formula is C22H25BrN2S. The summed E-state index contributed by atoms with van der Waals surface area (Å²) in [6, 6.07) is 19.8. The Morgan fingerprint density at radius 2 is 1.65 bits per heavy atom. The summed E-state index contributed by atoms with van der Waals surface area (Å²) in [7, 11) is 0. The number of para-hydroxylation sites is 1. The Morgan fingerprint density at radius 1 is 0.962 bits per heavy atom. The largest absolute Gasteiger partial charge is 1.00 e. The van der Waals surface area contributed by atoms with Gasteiger partial charge in [-0.2, -0.15) is 4.57 Å². The minimum absolute atomic E-state index is 0. The van der Waals surface area contributed by atoms with E-state index in [4.69, 9.17) is 0 Å². The number of fused-ring (bicyclic) bond motifs is 1. The maximum Gasteiger partial charge on any atom is 0.323 e. The first-order chi connectivity index (χ1) is 12.0. The van der Waals surface area contributed by atoms with Crippen molar-refractivity contribution in [2.45, 2.75) is 44.3 Å². The van der Waals surface area contributed by atoms with Gasteiger partial charge in [0, 0.05) is 11.3 Å². The van der Waals surface area contributed by atoms with Gasteiger partial charge >= 0.3 is 5.16 Å². The van der Waals surface area contributed by atoms with E-state index in [-0.39, 0.29) is 22.4 Å². The smallest absolute Gasteiger partial charge is 0.323 e. The van der Waals surface area contributed by atoms with Crippen LogP contribution in [-0.4, -0.2) is 10.3 Å². The predicted octanol–water partition coefficient (Wildman–Crippen LogP) is 2.23. The van der Waals surface area contributed by atoms with E-state index in [9.17, 15) is 0 Å². The SMILES string of the molecule is CC(C)(C)c1ccc(-c2c[n+]3c(n2-c2ccccc2)SCCC3)cc1.[Br-]. The summed E-state index contributed by atoms with van der Waals surface area (Å²) in [5.41, 5.74) is 5.35. The summed E-state index contributed by atoms with van der Waals surface area (Å²) < 4.78 is 4.82. The summed E-state index contributed by atoms with van der Waals surface area (Å²) in [5, 5.41) is 1.34. The number of aryl methyl sites for hydroxylation is 1. The van der Waals surface area contributed by atoms with E-state index in [1.54, 1.807) is 0 Å². The first kappa shape index (κ1) is 19.2. The van der Waals surface area contributed by atoms with E-state index in [2.05, 4.69) is 90.7 Å². The second kappa shape index (κ2) is 7.61. The topological polar surface area (TPSA) is 8.81 Å². The van der Waals surface area contributed by atoms with Gasteiger partial charge in [-0.15, -0.1) is 0 Å². The molecule has 4 rings (SSSR count). The summed E-state index contributed by atoms with van der Waals surface area (Å²) in [4.78, 5) is 0. The van der Waals surface area contributed by atoms with Crippen LogP contribution in [0.15, 0.2) is 66.0 Å². The quantitative estimate of drug-likeness (QED) is 0.568. The Morgan fingerprint density at radius 3 is 2.31 bits per heavy atom. The van der Waals surface area contributed by atoms with Gasteiger partial charge in [0.05, 0.1) is 6.54 Å². The molecule has 136 valence electrons. The highest BCUT2D eigenvalue weighted by atomic mass is 79.9. The molecule has 0 N–H and O–H groups in total. The molecule has 0 unspecified atom stereocenters. The first-order valence-corrected chi connectivity index (χ1v) is 9.97. The van der Waals surface area contributed by atoms with Crippen LogP contribution < -0.4 is 21.5 Å². The van der Waals surface area contributed by atoms with Crippen molar-refractivity contribution in [3.8, 4) is 16.9 Å². The highest BCUT2D eigenvalue weighted by Crippen LogP contribution is 2.32. The van der Waals surface area contributed by atoms with Crippen LogP contribution in [0.4, 0.5) is 0 Å². The van der Waals surface area contributed by atoms with Gasteiger partial charge in [0.2, 0.25) is 0 Å². The predicted molar refractivity (Wildman–Crippen MR) is 105 cm³/mol. The molecular weight excluding hydrogens is 404 g/mol. The van der Waals surface area contributed by atoms with Crippen molar-refractivity contribution in [1.29, 1.82) is 0 Å². The molecule has 0 radical (unpaired) electrons. The summed E-state index contributed by atoms with van der Waals surface area (Å²) in [6.07, 6.45) is 3.56. The minimum Gasteiger partial charge on any atom is -1.00 e. The fourth-order valence-electron chi connectivity index (χ4n) is 3.37. The van der Waals surface area contributed by atoms with Crippen LogP contribution in [0.25, 0.3) is 16.9 Å². The first-order valence-electron chi connectivity index (χ1n) is 8.98. The standard InChI is InChI=1S/C22H25N2S.BrH/c1-22(2,3)18-12-10-17(11-13-18)20-16-23-14-7-15-25-21(23)24(20)19-8-5-4-6-9-19;/h4-6,8-13,16H,7,14-15H2,1-3H3;1H/q+1;/p-1. The number of imidazole rings is 1. The molecule has 0 saturated heterocycles. The second-order valence-electron chi connectivity index (χ2n) is 7.69. The van der Waals surface area contributed by atoms with E-state index in [1.165, 1.54) is 39.8 Å². The number of aromatic nitrogens is 2. The number of nitrogens with zero attached hydrogens (tertiary/aromatic N) is 2. The number of benzene rings is 2.